The van der Waals surface area contributed by atoms with Crippen LogP contribution in [0.2, 0.25) is 0 Å². The van der Waals surface area contributed by atoms with Gasteiger partial charge in [-0.05, 0) is 93.2 Å². The number of ether oxygens (including phenoxy) is 1. The third kappa shape index (κ3) is 4.48. The Morgan fingerprint density at radius 1 is 1.06 bits per heavy atom. The van der Waals surface area contributed by atoms with Crippen molar-refractivity contribution in [3.8, 4) is 17.6 Å². The van der Waals surface area contributed by atoms with Gasteiger partial charge in [-0.2, -0.15) is 0 Å². The molecule has 3 aromatic rings. The van der Waals surface area contributed by atoms with Gasteiger partial charge in [0.2, 0.25) is 0 Å². The highest BCUT2D eigenvalue weighted by Gasteiger charge is 2.51. The average Bonchev–Trinajstić information content (AvgIpc) is 2.85. The van der Waals surface area contributed by atoms with Crippen LogP contribution in [0, 0.1) is 24.7 Å². The highest BCUT2D eigenvalue weighted by Crippen LogP contribution is 2.54. The summed E-state index contributed by atoms with van der Waals surface area (Å²) in [6.45, 7) is 4.34. The predicted octanol–water partition coefficient (Wildman–Crippen LogP) is 5.95. The minimum absolute atomic E-state index is 0.0238. The lowest BCUT2D eigenvalue weighted by Crippen LogP contribution is -2.50. The van der Waals surface area contributed by atoms with Gasteiger partial charge >= 0.3 is 0 Å². The summed E-state index contributed by atoms with van der Waals surface area (Å²) in [7, 11) is 0. The van der Waals surface area contributed by atoms with Gasteiger partial charge < -0.3 is 9.84 Å². The van der Waals surface area contributed by atoms with E-state index in [1.165, 1.54) is 16.7 Å². The molecule has 1 aromatic heterocycles. The van der Waals surface area contributed by atoms with Crippen LogP contribution in [0.25, 0.3) is 0 Å². The van der Waals surface area contributed by atoms with Crippen LogP contribution >= 0.6 is 0 Å². The summed E-state index contributed by atoms with van der Waals surface area (Å²) < 4.78 is 6.15. The van der Waals surface area contributed by atoms with E-state index < -0.39 is 5.60 Å². The van der Waals surface area contributed by atoms with Gasteiger partial charge in [0.1, 0.15) is 18.0 Å². The molecule has 0 radical (unpaired) electrons. The van der Waals surface area contributed by atoms with Crippen LogP contribution in [-0.2, 0) is 24.9 Å². The lowest BCUT2D eigenvalue weighted by molar-refractivity contribution is -0.00805. The van der Waals surface area contributed by atoms with Crippen molar-refractivity contribution in [3.05, 3.63) is 94.8 Å². The van der Waals surface area contributed by atoms with Crippen molar-refractivity contribution >= 4 is 0 Å². The first-order chi connectivity index (χ1) is 16.5. The van der Waals surface area contributed by atoms with Crippen LogP contribution in [-0.4, -0.2) is 15.7 Å². The van der Waals surface area contributed by atoms with E-state index in [2.05, 4.69) is 71.4 Å². The van der Waals surface area contributed by atoms with Gasteiger partial charge in [-0.25, -0.2) is 0 Å². The fourth-order valence-electron chi connectivity index (χ4n) is 6.14. The summed E-state index contributed by atoms with van der Waals surface area (Å²) in [6, 6.07) is 21.6. The highest BCUT2D eigenvalue weighted by atomic mass is 16.5. The third-order valence-electron chi connectivity index (χ3n) is 7.82. The molecule has 0 saturated heterocycles. The van der Waals surface area contributed by atoms with E-state index in [0.717, 1.165) is 55.5 Å². The van der Waals surface area contributed by atoms with Crippen molar-refractivity contribution in [2.24, 2.45) is 5.92 Å². The van der Waals surface area contributed by atoms with E-state index in [1.54, 1.807) is 0 Å². The number of aliphatic hydroxyl groups is 1. The van der Waals surface area contributed by atoms with E-state index in [4.69, 9.17) is 4.74 Å². The zero-order valence-electron chi connectivity index (χ0n) is 20.2. The molecule has 34 heavy (non-hydrogen) atoms. The number of aromatic nitrogens is 1. The minimum atomic E-state index is -0.859. The molecular weight excluding hydrogens is 418 g/mol. The van der Waals surface area contributed by atoms with E-state index in [0.29, 0.717) is 12.5 Å². The fourth-order valence-corrected chi connectivity index (χ4v) is 6.14. The monoisotopic (exact) mass is 451 g/mol. The molecule has 0 amide bonds. The van der Waals surface area contributed by atoms with Gasteiger partial charge in [0.15, 0.2) is 0 Å². The zero-order valence-corrected chi connectivity index (χ0v) is 20.2. The molecule has 2 aliphatic rings. The molecule has 174 valence electrons. The normalized spacial score (nSPS) is 25.4. The maximum absolute atomic E-state index is 11.2. The number of benzene rings is 2. The van der Waals surface area contributed by atoms with E-state index in [1.807, 2.05) is 26.1 Å². The van der Waals surface area contributed by atoms with Crippen molar-refractivity contribution in [1.29, 1.82) is 0 Å². The Bertz CT molecular complexity index is 1210. The molecule has 3 heteroatoms. The zero-order chi connectivity index (χ0) is 23.6. The number of aryl methyl sites for hydroxylation is 2. The predicted molar refractivity (Wildman–Crippen MR) is 136 cm³/mol. The maximum atomic E-state index is 11.2. The van der Waals surface area contributed by atoms with Crippen molar-refractivity contribution in [2.75, 3.05) is 0 Å². The van der Waals surface area contributed by atoms with E-state index in [9.17, 15) is 5.11 Å². The number of pyridine rings is 1. The van der Waals surface area contributed by atoms with Crippen LogP contribution in [0.4, 0.5) is 0 Å². The van der Waals surface area contributed by atoms with Crippen LogP contribution in [0.15, 0.2) is 66.9 Å². The minimum Gasteiger partial charge on any atom is -0.489 e. The molecule has 1 N–H and O–H groups in total. The first-order valence-corrected chi connectivity index (χ1v) is 12.4. The number of fused-ring (bicyclic) bond motifs is 3. The lowest BCUT2D eigenvalue weighted by Gasteiger charge is -2.52. The molecule has 0 spiro atoms. The Morgan fingerprint density at radius 2 is 1.91 bits per heavy atom. The summed E-state index contributed by atoms with van der Waals surface area (Å²) in [6.07, 6.45) is 7.37. The van der Waals surface area contributed by atoms with Crippen molar-refractivity contribution in [1.82, 2.24) is 4.98 Å². The molecule has 2 aliphatic carbocycles. The van der Waals surface area contributed by atoms with Gasteiger partial charge in [0.05, 0.1) is 0 Å². The van der Waals surface area contributed by atoms with E-state index in [-0.39, 0.29) is 5.41 Å². The van der Waals surface area contributed by atoms with Crippen LogP contribution in [0.1, 0.15) is 60.6 Å². The Labute approximate surface area is 203 Å². The van der Waals surface area contributed by atoms with Gasteiger partial charge in [-0.3, -0.25) is 4.98 Å². The smallest absolute Gasteiger partial charge is 0.125 e. The quantitative estimate of drug-likeness (QED) is 0.488. The first kappa shape index (κ1) is 22.7. The molecular formula is C31H33NO2. The standard InChI is InChI=1S/C31H33NO2/c1-3-15-30(33)16-17-31(19-24-7-5-4-6-8-24)27(20-30)12-11-26-18-28(13-14-29(26)31)34-22-25-10-9-23(2)32-21-25/h4-10,13-14,18,21,27,33H,11-12,16-17,19-20,22H2,1-2H3/t27-,30-,31+/m1/s1. The average molecular weight is 452 g/mol. The molecule has 0 bridgehead atoms. The van der Waals surface area contributed by atoms with Crippen molar-refractivity contribution < 1.29 is 9.84 Å². The van der Waals surface area contributed by atoms with E-state index >= 15 is 0 Å². The Kier molecular flexibility index (Phi) is 6.19. The van der Waals surface area contributed by atoms with Crippen molar-refractivity contribution in [2.45, 2.75) is 70.0 Å². The largest absolute Gasteiger partial charge is 0.489 e. The molecule has 3 atom stereocenters. The summed E-state index contributed by atoms with van der Waals surface area (Å²) in [5.74, 6) is 7.42. The Balaban J connectivity index is 1.45. The second kappa shape index (κ2) is 9.28. The topological polar surface area (TPSA) is 42.4 Å². The molecule has 5 rings (SSSR count). The molecule has 0 unspecified atom stereocenters. The molecule has 3 nitrogen and oxygen atoms in total. The second-order valence-electron chi connectivity index (χ2n) is 10.1. The van der Waals surface area contributed by atoms with Crippen LogP contribution < -0.4 is 4.74 Å². The summed E-state index contributed by atoms with van der Waals surface area (Å²) >= 11 is 0. The maximum Gasteiger partial charge on any atom is 0.125 e. The summed E-state index contributed by atoms with van der Waals surface area (Å²) in [4.78, 5) is 4.37. The van der Waals surface area contributed by atoms with Crippen molar-refractivity contribution in [3.63, 3.8) is 0 Å². The lowest BCUT2D eigenvalue weighted by atomic mass is 9.52. The fraction of sp³-hybridized carbons (Fsp3) is 0.387. The molecule has 1 fully saturated rings. The number of hydrogen-bond donors (Lipinski definition) is 1. The van der Waals surface area contributed by atoms with Gasteiger partial charge in [0, 0.05) is 22.9 Å². The van der Waals surface area contributed by atoms with Crippen LogP contribution in [0.3, 0.4) is 0 Å². The second-order valence-corrected chi connectivity index (χ2v) is 10.1. The Hall–Kier alpha value is -3.09. The number of nitrogens with zero attached hydrogens (tertiary/aromatic N) is 1. The highest BCUT2D eigenvalue weighted by molar-refractivity contribution is 5.45. The molecule has 2 aromatic carbocycles. The van der Waals surface area contributed by atoms with Gasteiger partial charge in [-0.1, -0.05) is 48.4 Å². The Morgan fingerprint density at radius 3 is 2.68 bits per heavy atom. The summed E-state index contributed by atoms with van der Waals surface area (Å²) in [5.41, 5.74) is 5.44. The van der Waals surface area contributed by atoms with Crippen LogP contribution in [0.5, 0.6) is 5.75 Å². The molecule has 1 saturated carbocycles. The number of rotatable bonds is 5. The van der Waals surface area contributed by atoms with Gasteiger partial charge in [0.25, 0.3) is 0 Å². The number of hydrogen-bond acceptors (Lipinski definition) is 3. The first-order valence-electron chi connectivity index (χ1n) is 12.4. The third-order valence-corrected chi connectivity index (χ3v) is 7.82. The SMILES string of the molecule is CC#C[C@@]1(O)CC[C@@]2(Cc3ccccc3)c3ccc(OCc4ccc(C)nc4)cc3CC[C@@H]2C1. The van der Waals surface area contributed by atoms with Gasteiger partial charge in [-0.15, -0.1) is 5.92 Å². The molecule has 1 heterocycles. The summed E-state index contributed by atoms with van der Waals surface area (Å²) in [5, 5.41) is 11.2. The molecule has 0 aliphatic heterocycles.